The van der Waals surface area contributed by atoms with Gasteiger partial charge in [-0.1, -0.05) is 19.0 Å². The second-order valence-corrected chi connectivity index (χ2v) is 4.63. The van der Waals surface area contributed by atoms with Crippen molar-refractivity contribution in [3.05, 3.63) is 23.6 Å². The summed E-state index contributed by atoms with van der Waals surface area (Å²) in [6.07, 6.45) is 0. The van der Waals surface area contributed by atoms with E-state index in [2.05, 4.69) is 24.0 Å². The summed E-state index contributed by atoms with van der Waals surface area (Å²) in [6.45, 7) is 4.66. The highest BCUT2D eigenvalue weighted by Gasteiger charge is 2.25. The Bertz CT molecular complexity index is 607. The van der Waals surface area contributed by atoms with Gasteiger partial charge in [-0.05, 0) is 18.1 Å². The minimum absolute atomic E-state index is 0.231. The van der Waals surface area contributed by atoms with Gasteiger partial charge in [0, 0.05) is 11.1 Å². The number of nitrogens with two attached hydrogens (primary N) is 1. The van der Waals surface area contributed by atoms with E-state index in [-0.39, 0.29) is 19.3 Å². The van der Waals surface area contributed by atoms with Crippen molar-refractivity contribution in [2.75, 3.05) is 6.79 Å². The molecule has 0 amide bonds. The van der Waals surface area contributed by atoms with E-state index in [1.165, 1.54) is 0 Å². The van der Waals surface area contributed by atoms with Crippen molar-refractivity contribution in [1.29, 1.82) is 0 Å². The lowest BCUT2D eigenvalue weighted by molar-refractivity contribution is 0.173. The highest BCUT2D eigenvalue weighted by Crippen LogP contribution is 2.43. The third-order valence-corrected chi connectivity index (χ3v) is 3.04. The highest BCUT2D eigenvalue weighted by atomic mass is 16.7. The summed E-state index contributed by atoms with van der Waals surface area (Å²) in [5, 5.41) is 3.96. The zero-order valence-corrected chi connectivity index (χ0v) is 10.8. The largest absolute Gasteiger partial charge is 0.454 e. The fourth-order valence-corrected chi connectivity index (χ4v) is 2.21. The maximum atomic E-state index is 5.55. The minimum atomic E-state index is 0.231. The summed E-state index contributed by atoms with van der Waals surface area (Å²) in [5.41, 5.74) is 7.41. The van der Waals surface area contributed by atoms with Crippen LogP contribution in [0.3, 0.4) is 0 Å². The first-order chi connectivity index (χ1) is 9.20. The van der Waals surface area contributed by atoms with E-state index in [1.54, 1.807) is 0 Å². The number of hydrogen-bond acceptors (Lipinski definition) is 6. The number of ether oxygens (including phenoxy) is 2. The molecule has 0 saturated heterocycles. The standard InChI is InChI=1S/C13H15N3O3/c1-7(2)11-8(13-15-10(5-14)19-16-13)3-4-9-12(11)18-6-17-9/h3-4,7H,5-6,14H2,1-2H3. The molecule has 3 rings (SSSR count). The number of aromatic nitrogens is 2. The Hall–Kier alpha value is -2.08. The molecule has 0 unspecified atom stereocenters. The average Bonchev–Trinajstić information content (AvgIpc) is 3.05. The normalized spacial score (nSPS) is 13.3. The van der Waals surface area contributed by atoms with Gasteiger partial charge in [0.05, 0.1) is 6.54 Å². The third kappa shape index (κ3) is 1.94. The summed E-state index contributed by atoms with van der Waals surface area (Å²) in [5.74, 6) is 2.73. The topological polar surface area (TPSA) is 83.4 Å². The van der Waals surface area contributed by atoms with Crippen LogP contribution < -0.4 is 15.2 Å². The van der Waals surface area contributed by atoms with E-state index in [0.29, 0.717) is 11.7 Å². The van der Waals surface area contributed by atoms with E-state index in [4.69, 9.17) is 19.7 Å². The van der Waals surface area contributed by atoms with Crippen molar-refractivity contribution >= 4 is 0 Å². The lowest BCUT2D eigenvalue weighted by Gasteiger charge is -2.13. The number of fused-ring (bicyclic) bond motifs is 1. The van der Waals surface area contributed by atoms with E-state index >= 15 is 0 Å². The summed E-state index contributed by atoms with van der Waals surface area (Å²) in [4.78, 5) is 4.27. The quantitative estimate of drug-likeness (QED) is 0.910. The van der Waals surface area contributed by atoms with E-state index in [0.717, 1.165) is 22.6 Å². The maximum Gasteiger partial charge on any atom is 0.240 e. The molecule has 0 fully saturated rings. The summed E-state index contributed by atoms with van der Waals surface area (Å²) in [7, 11) is 0. The molecule has 0 radical (unpaired) electrons. The first kappa shape index (κ1) is 12.0. The van der Waals surface area contributed by atoms with Crippen molar-refractivity contribution in [1.82, 2.24) is 10.1 Å². The van der Waals surface area contributed by atoms with Gasteiger partial charge in [0.1, 0.15) is 0 Å². The molecule has 0 aliphatic carbocycles. The molecule has 2 heterocycles. The molecule has 0 spiro atoms. The van der Waals surface area contributed by atoms with Gasteiger partial charge in [0.15, 0.2) is 11.5 Å². The molecule has 2 N–H and O–H groups in total. The molecule has 0 atom stereocenters. The molecule has 19 heavy (non-hydrogen) atoms. The van der Waals surface area contributed by atoms with Gasteiger partial charge in [0.2, 0.25) is 18.5 Å². The average molecular weight is 261 g/mol. The second-order valence-electron chi connectivity index (χ2n) is 4.63. The lowest BCUT2D eigenvalue weighted by atomic mass is 9.95. The number of rotatable bonds is 3. The Labute approximate surface area is 110 Å². The molecule has 1 aliphatic rings. The SMILES string of the molecule is CC(C)c1c(-c2noc(CN)n2)ccc2c1OCO2. The molecule has 1 aliphatic heterocycles. The fourth-order valence-electron chi connectivity index (χ4n) is 2.21. The van der Waals surface area contributed by atoms with Crippen LogP contribution in [0, 0.1) is 0 Å². The molecule has 1 aromatic carbocycles. The van der Waals surface area contributed by atoms with E-state index in [9.17, 15) is 0 Å². The molecule has 0 saturated carbocycles. The van der Waals surface area contributed by atoms with Crippen LogP contribution in [-0.4, -0.2) is 16.9 Å². The van der Waals surface area contributed by atoms with Crippen LogP contribution in [0.25, 0.3) is 11.4 Å². The van der Waals surface area contributed by atoms with Crippen LogP contribution in [0.4, 0.5) is 0 Å². The van der Waals surface area contributed by atoms with E-state index in [1.807, 2.05) is 12.1 Å². The molecular formula is C13H15N3O3. The van der Waals surface area contributed by atoms with Gasteiger partial charge in [-0.25, -0.2) is 0 Å². The zero-order valence-electron chi connectivity index (χ0n) is 10.8. The number of nitrogens with zero attached hydrogens (tertiary/aromatic N) is 2. The number of benzene rings is 1. The number of hydrogen-bond donors (Lipinski definition) is 1. The maximum absolute atomic E-state index is 5.55. The van der Waals surface area contributed by atoms with Gasteiger partial charge < -0.3 is 19.7 Å². The Balaban J connectivity index is 2.15. The van der Waals surface area contributed by atoms with Crippen LogP contribution in [-0.2, 0) is 6.54 Å². The van der Waals surface area contributed by atoms with Crippen LogP contribution in [0.15, 0.2) is 16.7 Å². The van der Waals surface area contributed by atoms with Crippen molar-refractivity contribution in [3.8, 4) is 22.9 Å². The Morgan fingerprint density at radius 2 is 2.16 bits per heavy atom. The van der Waals surface area contributed by atoms with Gasteiger partial charge >= 0.3 is 0 Å². The fraction of sp³-hybridized carbons (Fsp3) is 0.385. The Morgan fingerprint density at radius 3 is 2.84 bits per heavy atom. The van der Waals surface area contributed by atoms with Gasteiger partial charge in [-0.3, -0.25) is 0 Å². The van der Waals surface area contributed by atoms with Crippen LogP contribution in [0.1, 0.15) is 31.2 Å². The summed E-state index contributed by atoms with van der Waals surface area (Å²) < 4.78 is 16.0. The molecule has 6 nitrogen and oxygen atoms in total. The monoisotopic (exact) mass is 261 g/mol. The van der Waals surface area contributed by atoms with E-state index < -0.39 is 0 Å². The smallest absolute Gasteiger partial charge is 0.240 e. The second kappa shape index (κ2) is 4.55. The van der Waals surface area contributed by atoms with Crippen LogP contribution in [0.5, 0.6) is 11.5 Å². The Kier molecular flexibility index (Phi) is 2.87. The molecule has 1 aromatic heterocycles. The molecule has 100 valence electrons. The first-order valence-electron chi connectivity index (χ1n) is 6.16. The van der Waals surface area contributed by atoms with Crippen molar-refractivity contribution in [2.45, 2.75) is 26.3 Å². The van der Waals surface area contributed by atoms with Crippen LogP contribution in [0.2, 0.25) is 0 Å². The van der Waals surface area contributed by atoms with Crippen LogP contribution >= 0.6 is 0 Å². The lowest BCUT2D eigenvalue weighted by Crippen LogP contribution is -1.99. The van der Waals surface area contributed by atoms with Gasteiger partial charge in [-0.2, -0.15) is 4.98 Å². The molecule has 0 bridgehead atoms. The van der Waals surface area contributed by atoms with Crippen molar-refractivity contribution in [2.24, 2.45) is 5.73 Å². The zero-order chi connectivity index (χ0) is 13.4. The summed E-state index contributed by atoms with van der Waals surface area (Å²) in [6, 6.07) is 3.79. The molecular weight excluding hydrogens is 246 g/mol. The third-order valence-electron chi connectivity index (χ3n) is 3.04. The predicted octanol–water partition coefficient (Wildman–Crippen LogP) is 2.05. The predicted molar refractivity (Wildman–Crippen MR) is 67.8 cm³/mol. The van der Waals surface area contributed by atoms with Crippen molar-refractivity contribution in [3.63, 3.8) is 0 Å². The highest BCUT2D eigenvalue weighted by molar-refractivity contribution is 5.69. The first-order valence-corrected chi connectivity index (χ1v) is 6.16. The molecule has 2 aromatic rings. The van der Waals surface area contributed by atoms with Gasteiger partial charge in [-0.15, -0.1) is 0 Å². The summed E-state index contributed by atoms with van der Waals surface area (Å²) >= 11 is 0. The Morgan fingerprint density at radius 1 is 1.32 bits per heavy atom. The van der Waals surface area contributed by atoms with Crippen molar-refractivity contribution < 1.29 is 14.0 Å². The molecule has 6 heteroatoms. The van der Waals surface area contributed by atoms with Gasteiger partial charge in [0.25, 0.3) is 0 Å². The minimum Gasteiger partial charge on any atom is -0.454 e.